The lowest BCUT2D eigenvalue weighted by molar-refractivity contribution is -0.733. The van der Waals surface area contributed by atoms with Gasteiger partial charge in [0.2, 0.25) is 17.4 Å². The molecule has 150 valence electrons. The number of carbonyl (C=O) groups is 3. The average Bonchev–Trinajstić information content (AvgIpc) is 3.18. The first-order valence-electron chi connectivity index (χ1n) is 9.47. The molecule has 6 nitrogen and oxygen atoms in total. The Balaban J connectivity index is 1.89. The van der Waals surface area contributed by atoms with Gasteiger partial charge in [-0.15, -0.1) is 0 Å². The standard InChI is InChI=1S/C20H24ClN3O3S/c1-19(2,3)24-16(25)14-13(7-8-28-4)23-20(15(14)17(24)26)11-9-10(21)5-6-12(11)22-18(20)27/h5-6,9,13-15,23H,7-8H2,1-4H3,(H,22,27)/p+1/t13-,14+,15-,20+/m0/s1. The van der Waals surface area contributed by atoms with E-state index in [1.165, 1.54) is 4.90 Å². The van der Waals surface area contributed by atoms with Crippen LogP contribution in [0.1, 0.15) is 32.8 Å². The first kappa shape index (κ1) is 19.7. The van der Waals surface area contributed by atoms with Gasteiger partial charge in [0, 0.05) is 22.5 Å². The van der Waals surface area contributed by atoms with Crippen LogP contribution in [0.25, 0.3) is 0 Å². The second kappa shape index (κ2) is 6.47. The fourth-order valence-corrected chi connectivity index (χ4v) is 5.79. The molecule has 0 unspecified atom stereocenters. The van der Waals surface area contributed by atoms with E-state index in [1.54, 1.807) is 30.0 Å². The molecular weight excluding hydrogens is 398 g/mol. The van der Waals surface area contributed by atoms with Crippen molar-refractivity contribution in [1.29, 1.82) is 0 Å². The minimum absolute atomic E-state index is 0.128. The molecule has 3 N–H and O–H groups in total. The van der Waals surface area contributed by atoms with Crippen LogP contribution >= 0.6 is 23.4 Å². The number of halogens is 1. The third kappa shape index (κ3) is 2.56. The number of amides is 3. The molecule has 0 saturated carbocycles. The molecule has 3 heterocycles. The highest BCUT2D eigenvalue weighted by Crippen LogP contribution is 2.51. The third-order valence-electron chi connectivity index (χ3n) is 6.16. The van der Waals surface area contributed by atoms with Crippen LogP contribution in [0, 0.1) is 11.8 Å². The monoisotopic (exact) mass is 422 g/mol. The number of likely N-dealkylation sites (tertiary alicyclic amines) is 1. The number of hydrogen-bond donors (Lipinski definition) is 2. The molecule has 3 amide bonds. The normalized spacial score (nSPS) is 31.5. The number of imide groups is 1. The van der Waals surface area contributed by atoms with Gasteiger partial charge in [-0.2, -0.15) is 11.8 Å². The van der Waals surface area contributed by atoms with Crippen molar-refractivity contribution in [2.24, 2.45) is 11.8 Å². The molecule has 4 atom stereocenters. The minimum atomic E-state index is -1.14. The second-order valence-corrected chi connectivity index (χ2v) is 10.2. The Morgan fingerprint density at radius 3 is 2.61 bits per heavy atom. The van der Waals surface area contributed by atoms with Crippen LogP contribution in [-0.2, 0) is 19.9 Å². The van der Waals surface area contributed by atoms with Crippen LogP contribution in [0.5, 0.6) is 0 Å². The average molecular weight is 423 g/mol. The van der Waals surface area contributed by atoms with E-state index in [4.69, 9.17) is 11.6 Å². The summed E-state index contributed by atoms with van der Waals surface area (Å²) in [4.78, 5) is 41.5. The van der Waals surface area contributed by atoms with E-state index < -0.39 is 22.9 Å². The Bertz CT molecular complexity index is 884. The van der Waals surface area contributed by atoms with Crippen molar-refractivity contribution in [3.63, 3.8) is 0 Å². The van der Waals surface area contributed by atoms with Gasteiger partial charge < -0.3 is 10.6 Å². The van der Waals surface area contributed by atoms with E-state index in [1.807, 2.05) is 32.3 Å². The van der Waals surface area contributed by atoms with E-state index in [-0.39, 0.29) is 23.8 Å². The van der Waals surface area contributed by atoms with E-state index in [0.717, 1.165) is 12.2 Å². The van der Waals surface area contributed by atoms with Crippen LogP contribution in [0.15, 0.2) is 18.2 Å². The molecule has 1 aromatic rings. The van der Waals surface area contributed by atoms with Crippen molar-refractivity contribution in [1.82, 2.24) is 4.90 Å². The lowest BCUT2D eigenvalue weighted by Crippen LogP contribution is -2.99. The van der Waals surface area contributed by atoms with E-state index in [2.05, 4.69) is 5.32 Å². The highest BCUT2D eigenvalue weighted by atomic mass is 35.5. The topological polar surface area (TPSA) is 83.1 Å². The maximum Gasteiger partial charge on any atom is 0.291 e. The molecule has 0 aliphatic carbocycles. The summed E-state index contributed by atoms with van der Waals surface area (Å²) in [5.74, 6) is -1.01. The zero-order valence-corrected chi connectivity index (χ0v) is 18.0. The van der Waals surface area contributed by atoms with Gasteiger partial charge in [0.25, 0.3) is 5.91 Å². The smallest absolute Gasteiger partial charge is 0.291 e. The van der Waals surface area contributed by atoms with Gasteiger partial charge in [-0.05, 0) is 51.0 Å². The van der Waals surface area contributed by atoms with Gasteiger partial charge in [-0.25, -0.2) is 0 Å². The molecule has 2 fully saturated rings. The summed E-state index contributed by atoms with van der Waals surface area (Å²) in [7, 11) is 0. The number of nitrogens with one attached hydrogen (secondary N) is 1. The van der Waals surface area contributed by atoms with Crippen LogP contribution in [0.2, 0.25) is 5.02 Å². The summed E-state index contributed by atoms with van der Waals surface area (Å²) in [5.41, 5.74) is -0.385. The SMILES string of the molecule is CSCC[C@@H]1[NH2+][C@@]2(C(=O)Nc3ccc(Cl)cc32)[C@@H]2C(=O)N(C(C)(C)C)C(=O)[C@H]12. The van der Waals surface area contributed by atoms with Crippen molar-refractivity contribution in [2.75, 3.05) is 17.3 Å². The van der Waals surface area contributed by atoms with Gasteiger partial charge in [-0.3, -0.25) is 19.3 Å². The van der Waals surface area contributed by atoms with Gasteiger partial charge in [0.15, 0.2) is 0 Å². The summed E-state index contributed by atoms with van der Waals surface area (Å²) in [6.07, 6.45) is 2.77. The number of rotatable bonds is 3. The number of fused-ring (bicyclic) bond motifs is 4. The Kier molecular flexibility index (Phi) is 4.56. The Morgan fingerprint density at radius 1 is 1.25 bits per heavy atom. The Morgan fingerprint density at radius 2 is 1.96 bits per heavy atom. The van der Waals surface area contributed by atoms with Gasteiger partial charge in [0.1, 0.15) is 17.9 Å². The quantitative estimate of drug-likeness (QED) is 0.724. The van der Waals surface area contributed by atoms with Crippen molar-refractivity contribution in [3.8, 4) is 0 Å². The number of benzene rings is 1. The van der Waals surface area contributed by atoms with E-state index >= 15 is 0 Å². The summed E-state index contributed by atoms with van der Waals surface area (Å²) >= 11 is 7.94. The Labute approximate surface area is 173 Å². The predicted molar refractivity (Wildman–Crippen MR) is 109 cm³/mol. The first-order chi connectivity index (χ1) is 13.1. The summed E-state index contributed by atoms with van der Waals surface area (Å²) in [6.45, 7) is 5.57. The third-order valence-corrected chi connectivity index (χ3v) is 7.04. The van der Waals surface area contributed by atoms with Gasteiger partial charge in [-0.1, -0.05) is 11.6 Å². The largest absolute Gasteiger partial charge is 0.326 e. The predicted octanol–water partition coefficient (Wildman–Crippen LogP) is 1.59. The number of anilines is 1. The molecule has 3 aliphatic rings. The van der Waals surface area contributed by atoms with E-state index in [9.17, 15) is 14.4 Å². The molecule has 2 saturated heterocycles. The maximum absolute atomic E-state index is 13.5. The molecule has 1 spiro atoms. The lowest BCUT2D eigenvalue weighted by Gasteiger charge is -2.33. The number of thioether (sulfide) groups is 1. The molecule has 28 heavy (non-hydrogen) atoms. The van der Waals surface area contributed by atoms with Gasteiger partial charge >= 0.3 is 0 Å². The zero-order chi connectivity index (χ0) is 20.4. The minimum Gasteiger partial charge on any atom is -0.326 e. The van der Waals surface area contributed by atoms with Gasteiger partial charge in [0.05, 0.1) is 5.69 Å². The highest BCUT2D eigenvalue weighted by molar-refractivity contribution is 7.98. The summed E-state index contributed by atoms with van der Waals surface area (Å²) in [5, 5.41) is 5.39. The first-order valence-corrected chi connectivity index (χ1v) is 11.2. The zero-order valence-electron chi connectivity index (χ0n) is 16.4. The summed E-state index contributed by atoms with van der Waals surface area (Å²) < 4.78 is 0. The van der Waals surface area contributed by atoms with Crippen molar-refractivity contribution >= 4 is 46.8 Å². The molecule has 0 aromatic heterocycles. The highest BCUT2D eigenvalue weighted by Gasteiger charge is 2.74. The van der Waals surface area contributed by atoms with Crippen molar-refractivity contribution in [3.05, 3.63) is 28.8 Å². The molecule has 0 bridgehead atoms. The number of carbonyl (C=O) groups excluding carboxylic acids is 3. The number of nitrogens with two attached hydrogens (primary N) is 1. The molecule has 1 aromatic carbocycles. The molecule has 8 heteroatoms. The van der Waals surface area contributed by atoms with Crippen LogP contribution in [0.3, 0.4) is 0 Å². The molecule has 4 rings (SSSR count). The van der Waals surface area contributed by atoms with E-state index in [0.29, 0.717) is 16.3 Å². The fraction of sp³-hybridized carbons (Fsp3) is 0.550. The van der Waals surface area contributed by atoms with Crippen LogP contribution in [0.4, 0.5) is 5.69 Å². The molecular formula is C20H25ClN3O3S+. The molecule has 0 radical (unpaired) electrons. The number of quaternary nitrogens is 1. The Hall–Kier alpha value is -1.57. The van der Waals surface area contributed by atoms with Crippen molar-refractivity contribution < 1.29 is 19.7 Å². The lowest BCUT2D eigenvalue weighted by atomic mass is 9.76. The van der Waals surface area contributed by atoms with Crippen molar-refractivity contribution in [2.45, 2.75) is 44.3 Å². The van der Waals surface area contributed by atoms with Crippen LogP contribution < -0.4 is 10.6 Å². The maximum atomic E-state index is 13.5. The summed E-state index contributed by atoms with van der Waals surface area (Å²) in [6, 6.07) is 5.12. The number of hydrogen-bond acceptors (Lipinski definition) is 4. The molecule has 3 aliphatic heterocycles. The fourth-order valence-electron chi connectivity index (χ4n) is 5.11. The number of nitrogens with zero attached hydrogens (tertiary/aromatic N) is 1. The second-order valence-electron chi connectivity index (χ2n) is 8.81. The van der Waals surface area contributed by atoms with Crippen LogP contribution in [-0.4, -0.2) is 46.2 Å².